The lowest BCUT2D eigenvalue weighted by molar-refractivity contribution is 0.00159. The van der Waals surface area contributed by atoms with Crippen molar-refractivity contribution in [2.24, 2.45) is 0 Å². The summed E-state index contributed by atoms with van der Waals surface area (Å²) < 4.78 is 11.0. The SMILES string of the molecule is COc1ccc2c(C(=O)c3cccc4c3C(=O)OC43CCNC3)cccc2c1. The van der Waals surface area contributed by atoms with Gasteiger partial charge < -0.3 is 14.8 Å². The number of nitrogens with one attached hydrogen (secondary N) is 1. The van der Waals surface area contributed by atoms with Crippen LogP contribution >= 0.6 is 0 Å². The van der Waals surface area contributed by atoms with Crippen molar-refractivity contribution in [3.63, 3.8) is 0 Å². The van der Waals surface area contributed by atoms with E-state index in [-0.39, 0.29) is 5.78 Å². The van der Waals surface area contributed by atoms with Crippen molar-refractivity contribution in [2.75, 3.05) is 20.2 Å². The second-order valence-corrected chi connectivity index (χ2v) is 7.26. The van der Waals surface area contributed by atoms with E-state index in [9.17, 15) is 9.59 Å². The first kappa shape index (κ1) is 17.0. The first-order chi connectivity index (χ1) is 13.6. The van der Waals surface area contributed by atoms with Gasteiger partial charge in [-0.05, 0) is 35.5 Å². The van der Waals surface area contributed by atoms with E-state index in [1.807, 2.05) is 42.5 Å². The minimum absolute atomic E-state index is 0.174. The van der Waals surface area contributed by atoms with Crippen LogP contribution in [0.3, 0.4) is 0 Å². The molecule has 3 aromatic rings. The fraction of sp³-hybridized carbons (Fsp3) is 0.217. The highest BCUT2D eigenvalue weighted by molar-refractivity contribution is 6.20. The van der Waals surface area contributed by atoms with Crippen molar-refractivity contribution in [1.82, 2.24) is 5.32 Å². The zero-order chi connectivity index (χ0) is 19.3. The summed E-state index contributed by atoms with van der Waals surface area (Å²) in [6.07, 6.45) is 0.720. The van der Waals surface area contributed by atoms with Crippen LogP contribution in [0, 0.1) is 0 Å². The number of hydrogen-bond acceptors (Lipinski definition) is 5. The highest BCUT2D eigenvalue weighted by Gasteiger charge is 2.48. The largest absolute Gasteiger partial charge is 0.497 e. The van der Waals surface area contributed by atoms with E-state index in [1.54, 1.807) is 19.2 Å². The molecule has 0 aliphatic carbocycles. The molecular weight excluding hydrogens is 354 g/mol. The van der Waals surface area contributed by atoms with E-state index in [4.69, 9.17) is 9.47 Å². The van der Waals surface area contributed by atoms with Crippen LogP contribution in [0.5, 0.6) is 5.75 Å². The first-order valence-electron chi connectivity index (χ1n) is 9.32. The molecule has 1 N–H and O–H groups in total. The summed E-state index contributed by atoms with van der Waals surface area (Å²) in [5.74, 6) is 0.147. The van der Waals surface area contributed by atoms with Crippen molar-refractivity contribution < 1.29 is 19.1 Å². The third-order valence-corrected chi connectivity index (χ3v) is 5.74. The second kappa shape index (κ2) is 6.17. The molecule has 0 aromatic heterocycles. The Morgan fingerprint density at radius 3 is 2.71 bits per heavy atom. The molecule has 1 fully saturated rings. The monoisotopic (exact) mass is 373 g/mol. The lowest BCUT2D eigenvalue weighted by Gasteiger charge is -2.21. The Kier molecular flexibility index (Phi) is 3.74. The van der Waals surface area contributed by atoms with Crippen LogP contribution in [-0.4, -0.2) is 32.0 Å². The number of hydrogen-bond donors (Lipinski definition) is 1. The number of ketones is 1. The molecule has 0 saturated carbocycles. The molecule has 1 spiro atoms. The fourth-order valence-electron chi connectivity index (χ4n) is 4.34. The van der Waals surface area contributed by atoms with Crippen LogP contribution in [0.25, 0.3) is 10.8 Å². The predicted octanol–water partition coefficient (Wildman–Crippen LogP) is 3.44. The van der Waals surface area contributed by atoms with E-state index in [0.717, 1.165) is 35.1 Å². The molecule has 1 atom stereocenters. The summed E-state index contributed by atoms with van der Waals surface area (Å²) in [6, 6.07) is 16.6. The lowest BCUT2D eigenvalue weighted by Crippen LogP contribution is -2.28. The number of esters is 1. The predicted molar refractivity (Wildman–Crippen MR) is 105 cm³/mol. The quantitative estimate of drug-likeness (QED) is 0.563. The fourth-order valence-corrected chi connectivity index (χ4v) is 4.34. The summed E-state index contributed by atoms with van der Waals surface area (Å²) in [7, 11) is 1.61. The van der Waals surface area contributed by atoms with Crippen molar-refractivity contribution >= 4 is 22.5 Å². The van der Waals surface area contributed by atoms with Crippen molar-refractivity contribution in [1.29, 1.82) is 0 Å². The number of fused-ring (bicyclic) bond motifs is 3. The molecule has 3 aromatic carbocycles. The van der Waals surface area contributed by atoms with Crippen LogP contribution in [-0.2, 0) is 10.3 Å². The maximum Gasteiger partial charge on any atom is 0.340 e. The number of carbonyl (C=O) groups is 2. The van der Waals surface area contributed by atoms with Crippen molar-refractivity contribution in [3.8, 4) is 5.75 Å². The minimum Gasteiger partial charge on any atom is -0.497 e. The van der Waals surface area contributed by atoms with Crippen LogP contribution in [0.2, 0.25) is 0 Å². The molecule has 1 saturated heterocycles. The van der Waals surface area contributed by atoms with Crippen molar-refractivity contribution in [2.45, 2.75) is 12.0 Å². The van der Waals surface area contributed by atoms with Crippen LogP contribution in [0.4, 0.5) is 0 Å². The van der Waals surface area contributed by atoms with Gasteiger partial charge in [-0.15, -0.1) is 0 Å². The number of rotatable bonds is 3. The maximum atomic E-state index is 13.5. The molecule has 28 heavy (non-hydrogen) atoms. The number of benzene rings is 3. The molecule has 0 amide bonds. The summed E-state index contributed by atoms with van der Waals surface area (Å²) in [6.45, 7) is 1.37. The summed E-state index contributed by atoms with van der Waals surface area (Å²) in [5, 5.41) is 5.00. The van der Waals surface area contributed by atoms with E-state index < -0.39 is 11.6 Å². The molecule has 5 rings (SSSR count). The Hall–Kier alpha value is -3.18. The minimum atomic E-state index is -0.644. The summed E-state index contributed by atoms with van der Waals surface area (Å²) in [5.41, 5.74) is 1.54. The molecule has 0 bridgehead atoms. The zero-order valence-electron chi connectivity index (χ0n) is 15.5. The molecule has 0 radical (unpaired) electrons. The molecule has 5 heteroatoms. The van der Waals surface area contributed by atoms with Gasteiger partial charge in [0.2, 0.25) is 0 Å². The van der Waals surface area contributed by atoms with Gasteiger partial charge >= 0.3 is 5.97 Å². The van der Waals surface area contributed by atoms with Gasteiger partial charge in [0.1, 0.15) is 5.75 Å². The van der Waals surface area contributed by atoms with Crippen LogP contribution < -0.4 is 10.1 Å². The van der Waals surface area contributed by atoms with E-state index >= 15 is 0 Å². The number of methoxy groups -OCH3 is 1. The smallest absolute Gasteiger partial charge is 0.340 e. The second-order valence-electron chi connectivity index (χ2n) is 7.26. The Morgan fingerprint density at radius 1 is 1.11 bits per heavy atom. The van der Waals surface area contributed by atoms with Crippen LogP contribution in [0.1, 0.15) is 38.3 Å². The van der Waals surface area contributed by atoms with E-state index in [1.165, 1.54) is 0 Å². The van der Waals surface area contributed by atoms with Gasteiger partial charge in [0, 0.05) is 29.7 Å². The highest BCUT2D eigenvalue weighted by Crippen LogP contribution is 2.42. The molecule has 140 valence electrons. The Morgan fingerprint density at radius 2 is 1.93 bits per heavy atom. The van der Waals surface area contributed by atoms with E-state index in [2.05, 4.69) is 5.32 Å². The Balaban J connectivity index is 1.66. The third kappa shape index (κ3) is 2.36. The maximum absolute atomic E-state index is 13.5. The van der Waals surface area contributed by atoms with Gasteiger partial charge in [-0.2, -0.15) is 0 Å². The third-order valence-electron chi connectivity index (χ3n) is 5.74. The van der Waals surface area contributed by atoms with Gasteiger partial charge in [0.15, 0.2) is 11.4 Å². The molecule has 2 aliphatic heterocycles. The molecular formula is C23H19NO4. The molecule has 2 heterocycles. The topological polar surface area (TPSA) is 64.6 Å². The van der Waals surface area contributed by atoms with E-state index in [0.29, 0.717) is 23.2 Å². The Bertz CT molecular complexity index is 1130. The summed E-state index contributed by atoms with van der Waals surface area (Å²) in [4.78, 5) is 26.2. The average Bonchev–Trinajstić information content (AvgIpc) is 3.31. The molecule has 2 aliphatic rings. The first-order valence-corrected chi connectivity index (χ1v) is 9.32. The van der Waals surface area contributed by atoms with Crippen molar-refractivity contribution in [3.05, 3.63) is 76.9 Å². The molecule has 5 nitrogen and oxygen atoms in total. The van der Waals surface area contributed by atoms with Gasteiger partial charge in [0.05, 0.1) is 12.7 Å². The van der Waals surface area contributed by atoms with Gasteiger partial charge in [-0.1, -0.05) is 36.4 Å². The standard InChI is InChI=1S/C23H19NO4/c1-27-15-8-9-16-14(12-15)4-2-5-17(16)21(25)18-6-3-7-19-20(18)22(26)28-23(19)10-11-24-13-23/h2-9,12,24H,10-11,13H2,1H3. The number of ether oxygens (including phenoxy) is 2. The lowest BCUT2D eigenvalue weighted by atomic mass is 9.87. The normalized spacial score (nSPS) is 20.4. The summed E-state index contributed by atoms with van der Waals surface area (Å²) >= 11 is 0. The average molecular weight is 373 g/mol. The van der Waals surface area contributed by atoms with Gasteiger partial charge in [-0.3, -0.25) is 4.79 Å². The molecule has 1 unspecified atom stereocenters. The van der Waals surface area contributed by atoms with Gasteiger partial charge in [0.25, 0.3) is 0 Å². The number of carbonyl (C=O) groups excluding carboxylic acids is 2. The van der Waals surface area contributed by atoms with Gasteiger partial charge in [-0.25, -0.2) is 4.79 Å². The van der Waals surface area contributed by atoms with Crippen LogP contribution in [0.15, 0.2) is 54.6 Å². The highest BCUT2D eigenvalue weighted by atomic mass is 16.6. The Labute approximate surface area is 162 Å². The zero-order valence-corrected chi connectivity index (χ0v) is 15.5.